The third-order valence-electron chi connectivity index (χ3n) is 3.94. The number of piperidine rings is 1. The number of anilines is 1. The largest absolute Gasteiger partial charge is 0.393 e. The van der Waals surface area contributed by atoms with Crippen LogP contribution in [0.25, 0.3) is 0 Å². The first-order valence-electron chi connectivity index (χ1n) is 7.39. The molecular weight excluding hydrogens is 334 g/mol. The van der Waals surface area contributed by atoms with Gasteiger partial charge in [0.2, 0.25) is 0 Å². The van der Waals surface area contributed by atoms with Crippen molar-refractivity contribution in [1.82, 2.24) is 9.88 Å². The molecule has 0 aliphatic carbocycles. The van der Waals surface area contributed by atoms with E-state index in [-0.39, 0.29) is 12.0 Å². The van der Waals surface area contributed by atoms with Gasteiger partial charge in [-0.1, -0.05) is 0 Å². The predicted octanol–water partition coefficient (Wildman–Crippen LogP) is 2.51. The molecule has 1 aromatic rings. The maximum atomic E-state index is 12.7. The van der Waals surface area contributed by atoms with Gasteiger partial charge in [-0.15, -0.1) is 0 Å². The summed E-state index contributed by atoms with van der Waals surface area (Å²) in [6.45, 7) is 5.90. The Morgan fingerprint density at radius 1 is 1.57 bits per heavy atom. The van der Waals surface area contributed by atoms with Crippen molar-refractivity contribution in [2.75, 3.05) is 25.0 Å². The minimum absolute atomic E-state index is 0.00351. The molecule has 6 heteroatoms. The van der Waals surface area contributed by atoms with Crippen molar-refractivity contribution in [2.45, 2.75) is 32.8 Å². The van der Waals surface area contributed by atoms with Crippen molar-refractivity contribution in [3.63, 3.8) is 0 Å². The molecule has 1 aliphatic rings. The average molecular weight is 356 g/mol. The molecule has 0 spiro atoms. The van der Waals surface area contributed by atoms with Crippen molar-refractivity contribution >= 4 is 27.7 Å². The number of carbonyl (C=O) groups excluding carboxylic acids is 1. The van der Waals surface area contributed by atoms with Crippen molar-refractivity contribution in [3.8, 4) is 0 Å². The number of aliphatic hydroxyl groups excluding tert-OH is 1. The van der Waals surface area contributed by atoms with Crippen molar-refractivity contribution in [1.29, 1.82) is 0 Å². The van der Waals surface area contributed by atoms with Crippen LogP contribution in [0.1, 0.15) is 37.0 Å². The molecule has 0 saturated carbocycles. The van der Waals surface area contributed by atoms with E-state index < -0.39 is 0 Å². The van der Waals surface area contributed by atoms with E-state index in [9.17, 15) is 9.90 Å². The number of aromatic nitrogens is 1. The van der Waals surface area contributed by atoms with Crippen LogP contribution in [0.3, 0.4) is 0 Å². The lowest BCUT2D eigenvalue weighted by Gasteiger charge is -2.33. The quantitative estimate of drug-likeness (QED) is 0.870. The van der Waals surface area contributed by atoms with Crippen LogP contribution in [-0.2, 0) is 0 Å². The summed E-state index contributed by atoms with van der Waals surface area (Å²) in [4.78, 5) is 18.8. The van der Waals surface area contributed by atoms with Gasteiger partial charge in [0.05, 0.1) is 11.7 Å². The number of aliphatic hydroxyl groups is 1. The Bertz CT molecular complexity index is 500. The zero-order chi connectivity index (χ0) is 15.4. The molecule has 0 radical (unpaired) electrons. The van der Waals surface area contributed by atoms with E-state index in [2.05, 4.69) is 26.2 Å². The van der Waals surface area contributed by atoms with Gasteiger partial charge in [-0.3, -0.25) is 4.79 Å². The molecule has 2 N–H and O–H groups in total. The minimum atomic E-state index is -0.299. The summed E-state index contributed by atoms with van der Waals surface area (Å²) < 4.78 is 0.798. The van der Waals surface area contributed by atoms with Gasteiger partial charge in [0.1, 0.15) is 5.82 Å². The Labute approximate surface area is 133 Å². The summed E-state index contributed by atoms with van der Waals surface area (Å²) in [5, 5.41) is 12.8. The first-order valence-corrected chi connectivity index (χ1v) is 8.19. The Balaban J connectivity index is 2.12. The fourth-order valence-electron chi connectivity index (χ4n) is 2.67. The number of hydrogen-bond acceptors (Lipinski definition) is 4. The van der Waals surface area contributed by atoms with E-state index in [1.807, 2.05) is 24.8 Å². The summed E-state index contributed by atoms with van der Waals surface area (Å²) in [5.74, 6) is 0.926. The van der Waals surface area contributed by atoms with Gasteiger partial charge >= 0.3 is 0 Å². The molecule has 116 valence electrons. The molecule has 1 amide bonds. The lowest BCUT2D eigenvalue weighted by Crippen LogP contribution is -2.41. The second kappa shape index (κ2) is 7.22. The lowest BCUT2D eigenvalue weighted by atomic mass is 9.92. The highest BCUT2D eigenvalue weighted by Gasteiger charge is 2.27. The third-order valence-corrected chi connectivity index (χ3v) is 4.37. The number of halogens is 1. The minimum Gasteiger partial charge on any atom is -0.393 e. The Morgan fingerprint density at radius 2 is 2.24 bits per heavy atom. The maximum Gasteiger partial charge on any atom is 0.257 e. The van der Waals surface area contributed by atoms with E-state index in [0.29, 0.717) is 30.4 Å². The van der Waals surface area contributed by atoms with Crippen LogP contribution in [0.2, 0.25) is 0 Å². The number of hydrogen-bond donors (Lipinski definition) is 2. The summed E-state index contributed by atoms with van der Waals surface area (Å²) in [7, 11) is 0. The molecule has 1 atom stereocenters. The average Bonchev–Trinajstić information content (AvgIpc) is 2.48. The molecule has 0 bridgehead atoms. The molecule has 1 unspecified atom stereocenters. The second-order valence-corrected chi connectivity index (χ2v) is 6.37. The number of likely N-dealkylation sites (tertiary alicyclic amines) is 1. The smallest absolute Gasteiger partial charge is 0.257 e. The van der Waals surface area contributed by atoms with Crippen LogP contribution in [0.4, 0.5) is 5.82 Å². The number of amides is 1. The molecule has 1 saturated heterocycles. The fraction of sp³-hybridized carbons (Fsp3) is 0.600. The van der Waals surface area contributed by atoms with E-state index in [1.165, 1.54) is 0 Å². The molecule has 2 heterocycles. The van der Waals surface area contributed by atoms with Gasteiger partial charge in [-0.05, 0) is 54.6 Å². The maximum absolute atomic E-state index is 12.7. The topological polar surface area (TPSA) is 65.5 Å². The van der Waals surface area contributed by atoms with Crippen LogP contribution in [0.15, 0.2) is 16.7 Å². The van der Waals surface area contributed by atoms with Crippen molar-refractivity contribution < 1.29 is 9.90 Å². The standard InChI is InChI=1S/C15H22BrN3O2/c1-3-17-14-13(8-12(16)9-18-14)15(21)19-6-4-11(5-7-19)10(2)20/h8-11,20H,3-7H2,1-2H3,(H,17,18). The third kappa shape index (κ3) is 3.95. The Kier molecular flexibility index (Phi) is 5.58. The van der Waals surface area contributed by atoms with E-state index in [1.54, 1.807) is 6.20 Å². The van der Waals surface area contributed by atoms with Gasteiger partial charge in [0, 0.05) is 30.3 Å². The second-order valence-electron chi connectivity index (χ2n) is 5.45. The molecule has 1 aliphatic heterocycles. The molecule has 5 nitrogen and oxygen atoms in total. The zero-order valence-corrected chi connectivity index (χ0v) is 14.1. The van der Waals surface area contributed by atoms with Gasteiger partial charge in [0.15, 0.2) is 0 Å². The van der Waals surface area contributed by atoms with Crippen molar-refractivity contribution in [3.05, 3.63) is 22.3 Å². The van der Waals surface area contributed by atoms with Crippen molar-refractivity contribution in [2.24, 2.45) is 5.92 Å². The Hall–Kier alpha value is -1.14. The Morgan fingerprint density at radius 3 is 2.81 bits per heavy atom. The van der Waals surface area contributed by atoms with Crippen LogP contribution in [-0.4, -0.2) is 46.6 Å². The van der Waals surface area contributed by atoms with Crippen LogP contribution in [0, 0.1) is 5.92 Å². The van der Waals surface area contributed by atoms with Crippen LogP contribution in [0.5, 0.6) is 0 Å². The molecule has 21 heavy (non-hydrogen) atoms. The monoisotopic (exact) mass is 355 g/mol. The first kappa shape index (κ1) is 16.2. The van der Waals surface area contributed by atoms with Gasteiger partial charge < -0.3 is 15.3 Å². The van der Waals surface area contributed by atoms with Crippen LogP contribution >= 0.6 is 15.9 Å². The summed E-state index contributed by atoms with van der Waals surface area (Å²) >= 11 is 3.37. The van der Waals surface area contributed by atoms with Gasteiger partial charge in [-0.25, -0.2) is 4.98 Å². The normalized spacial score (nSPS) is 17.6. The fourth-order valence-corrected chi connectivity index (χ4v) is 3.00. The number of nitrogens with zero attached hydrogens (tertiary/aromatic N) is 2. The summed E-state index contributed by atoms with van der Waals surface area (Å²) in [5.41, 5.74) is 0.599. The predicted molar refractivity (Wildman–Crippen MR) is 86.4 cm³/mol. The van der Waals surface area contributed by atoms with E-state index in [4.69, 9.17) is 0 Å². The highest BCUT2D eigenvalue weighted by atomic mass is 79.9. The highest BCUT2D eigenvalue weighted by Crippen LogP contribution is 2.25. The van der Waals surface area contributed by atoms with Gasteiger partial charge in [-0.2, -0.15) is 0 Å². The SMILES string of the molecule is CCNc1ncc(Br)cc1C(=O)N1CCC(C(C)O)CC1. The molecule has 0 aromatic carbocycles. The zero-order valence-electron chi connectivity index (χ0n) is 12.5. The number of carbonyl (C=O) groups is 1. The van der Waals surface area contributed by atoms with E-state index in [0.717, 1.165) is 23.9 Å². The van der Waals surface area contributed by atoms with Gasteiger partial charge in [0.25, 0.3) is 5.91 Å². The summed E-state index contributed by atoms with van der Waals surface area (Å²) in [6, 6.07) is 1.81. The molecule has 2 rings (SSSR count). The highest BCUT2D eigenvalue weighted by molar-refractivity contribution is 9.10. The number of pyridine rings is 1. The lowest BCUT2D eigenvalue weighted by molar-refractivity contribution is 0.0522. The molecular formula is C15H22BrN3O2. The number of nitrogens with one attached hydrogen (secondary N) is 1. The van der Waals surface area contributed by atoms with Crippen LogP contribution < -0.4 is 5.32 Å². The summed E-state index contributed by atoms with van der Waals surface area (Å²) in [6.07, 6.45) is 3.09. The first-order chi connectivity index (χ1) is 10.0. The molecule has 1 fully saturated rings. The van der Waals surface area contributed by atoms with E-state index >= 15 is 0 Å². The molecule has 1 aromatic heterocycles. The number of rotatable bonds is 4.